The molecule has 0 amide bonds. The van der Waals surface area contributed by atoms with E-state index < -0.39 is 0 Å². The molecular weight excluding hydrogens is 202 g/mol. The van der Waals surface area contributed by atoms with E-state index in [2.05, 4.69) is 18.3 Å². The molecule has 1 aromatic carbocycles. The van der Waals surface area contributed by atoms with Crippen LogP contribution in [-0.4, -0.2) is 20.8 Å². The average molecular weight is 217 g/mol. The topological polar surface area (TPSA) is 30.5 Å². The Kier molecular flexibility index (Phi) is 3.04. The van der Waals surface area contributed by atoms with Crippen molar-refractivity contribution in [3.63, 3.8) is 0 Å². The zero-order chi connectivity index (χ0) is 11.5. The van der Waals surface area contributed by atoms with E-state index in [0.717, 1.165) is 35.7 Å². The monoisotopic (exact) mass is 217 g/mol. The first-order valence-corrected chi connectivity index (χ1v) is 5.19. The molecule has 3 nitrogen and oxygen atoms in total. The van der Waals surface area contributed by atoms with Gasteiger partial charge in [-0.25, -0.2) is 0 Å². The number of fused-ring (bicyclic) bond motifs is 1. The highest BCUT2D eigenvalue weighted by atomic mass is 16.5. The van der Waals surface area contributed by atoms with Crippen LogP contribution in [0.1, 0.15) is 11.1 Å². The molecule has 0 fully saturated rings. The average Bonchev–Trinajstić information content (AvgIpc) is 2.36. The van der Waals surface area contributed by atoms with Gasteiger partial charge in [0.15, 0.2) is 11.5 Å². The molecule has 2 radical (unpaired) electrons. The molecule has 16 heavy (non-hydrogen) atoms. The van der Waals surface area contributed by atoms with Crippen LogP contribution in [0.2, 0.25) is 0 Å². The molecule has 0 aromatic heterocycles. The van der Waals surface area contributed by atoms with Crippen LogP contribution in [0.4, 0.5) is 0 Å². The summed E-state index contributed by atoms with van der Waals surface area (Å²) in [6.45, 7) is 4.59. The summed E-state index contributed by atoms with van der Waals surface area (Å²) in [5, 5.41) is 3.26. The molecule has 0 aliphatic carbocycles. The van der Waals surface area contributed by atoms with Crippen LogP contribution in [0.25, 0.3) is 5.70 Å². The maximum Gasteiger partial charge on any atom is 0.161 e. The maximum absolute atomic E-state index is 5.28. The number of hydrogen-bond acceptors (Lipinski definition) is 3. The smallest absolute Gasteiger partial charge is 0.161 e. The van der Waals surface area contributed by atoms with Crippen LogP contribution in [-0.2, 0) is 6.42 Å². The second kappa shape index (κ2) is 4.47. The van der Waals surface area contributed by atoms with Gasteiger partial charge in [-0.15, -0.1) is 0 Å². The Hall–Kier alpha value is -1.64. The van der Waals surface area contributed by atoms with Crippen LogP contribution >= 0.6 is 0 Å². The second-order valence-electron chi connectivity index (χ2n) is 3.59. The van der Waals surface area contributed by atoms with E-state index in [-0.39, 0.29) is 0 Å². The Balaban J connectivity index is 2.55. The molecule has 1 heterocycles. The van der Waals surface area contributed by atoms with E-state index in [1.165, 1.54) is 5.56 Å². The summed E-state index contributed by atoms with van der Waals surface area (Å²) in [6, 6.07) is 3.99. The lowest BCUT2D eigenvalue weighted by molar-refractivity contribution is 0.354. The number of ether oxygens (including phenoxy) is 2. The highest BCUT2D eigenvalue weighted by molar-refractivity contribution is 5.70. The molecule has 1 aliphatic rings. The van der Waals surface area contributed by atoms with E-state index in [1.807, 2.05) is 12.1 Å². The predicted molar refractivity (Wildman–Crippen MR) is 63.3 cm³/mol. The molecule has 0 unspecified atom stereocenters. The van der Waals surface area contributed by atoms with Gasteiger partial charge in [0.05, 0.1) is 14.2 Å². The normalized spacial score (nSPS) is 16.6. The van der Waals surface area contributed by atoms with Gasteiger partial charge in [0.25, 0.3) is 0 Å². The molecule has 0 saturated carbocycles. The van der Waals surface area contributed by atoms with Crippen molar-refractivity contribution in [3.8, 4) is 11.5 Å². The molecule has 1 aliphatic heterocycles. The molecule has 3 heteroatoms. The van der Waals surface area contributed by atoms with Gasteiger partial charge in [0.2, 0.25) is 0 Å². The fourth-order valence-electron chi connectivity index (χ4n) is 1.94. The standard InChI is InChI=1S/C13H15NO2/c1-4-11-10-8-13(16-3)12(15-2)7-9(10)5-6-14-11/h7-8,14H,1,5-6H2,2-3H3. The summed E-state index contributed by atoms with van der Waals surface area (Å²) < 4.78 is 10.6. The van der Waals surface area contributed by atoms with Crippen molar-refractivity contribution in [3.05, 3.63) is 36.3 Å². The first kappa shape index (κ1) is 10.9. The van der Waals surface area contributed by atoms with Crippen LogP contribution in [0.15, 0.2) is 12.1 Å². The van der Waals surface area contributed by atoms with Crippen LogP contribution in [0.5, 0.6) is 11.5 Å². The van der Waals surface area contributed by atoms with E-state index >= 15 is 0 Å². The minimum atomic E-state index is 0.734. The fraction of sp³-hybridized carbons (Fsp3) is 0.308. The van der Waals surface area contributed by atoms with E-state index in [1.54, 1.807) is 14.2 Å². The fourth-order valence-corrected chi connectivity index (χ4v) is 1.94. The van der Waals surface area contributed by atoms with Gasteiger partial charge in [-0.1, -0.05) is 0 Å². The Bertz CT molecular complexity index is 424. The van der Waals surface area contributed by atoms with Crippen molar-refractivity contribution in [1.29, 1.82) is 0 Å². The molecular formula is C13H15NO2. The summed E-state index contributed by atoms with van der Waals surface area (Å²) in [5.74, 6) is 1.50. The Morgan fingerprint density at radius 1 is 1.25 bits per heavy atom. The Morgan fingerprint density at radius 3 is 2.56 bits per heavy atom. The number of allylic oxidation sites excluding steroid dienone is 1. The quantitative estimate of drug-likeness (QED) is 0.819. The van der Waals surface area contributed by atoms with Crippen LogP contribution in [0.3, 0.4) is 0 Å². The van der Waals surface area contributed by atoms with E-state index in [9.17, 15) is 0 Å². The molecule has 0 saturated heterocycles. The molecule has 1 N–H and O–H groups in total. The highest BCUT2D eigenvalue weighted by Gasteiger charge is 2.17. The van der Waals surface area contributed by atoms with Gasteiger partial charge in [-0.3, -0.25) is 0 Å². The number of methoxy groups -OCH3 is 2. The molecule has 1 aromatic rings. The van der Waals surface area contributed by atoms with Crippen molar-refractivity contribution in [1.82, 2.24) is 5.32 Å². The highest BCUT2D eigenvalue weighted by Crippen LogP contribution is 2.34. The summed E-state index contributed by atoms with van der Waals surface area (Å²) in [5.41, 5.74) is 3.27. The number of nitrogens with one attached hydrogen (secondary N) is 1. The predicted octanol–water partition coefficient (Wildman–Crippen LogP) is 1.83. The number of benzene rings is 1. The SMILES string of the molecule is [CH2][C]=C1NCCc2cc(OC)c(OC)cc21. The van der Waals surface area contributed by atoms with Gasteiger partial charge in [0.1, 0.15) is 0 Å². The summed E-state index contributed by atoms with van der Waals surface area (Å²) in [4.78, 5) is 0. The number of hydrogen-bond donors (Lipinski definition) is 1. The van der Waals surface area contributed by atoms with E-state index in [4.69, 9.17) is 9.47 Å². The lowest BCUT2D eigenvalue weighted by Crippen LogP contribution is -2.22. The zero-order valence-electron chi connectivity index (χ0n) is 9.59. The van der Waals surface area contributed by atoms with Gasteiger partial charge >= 0.3 is 0 Å². The Labute approximate surface area is 96.1 Å². The molecule has 2 rings (SSSR count). The minimum Gasteiger partial charge on any atom is -0.493 e. The summed E-state index contributed by atoms with van der Waals surface area (Å²) >= 11 is 0. The molecule has 84 valence electrons. The van der Waals surface area contributed by atoms with Crippen molar-refractivity contribution >= 4 is 5.70 Å². The number of rotatable bonds is 2. The van der Waals surface area contributed by atoms with E-state index in [0.29, 0.717) is 0 Å². The molecule has 0 bridgehead atoms. The van der Waals surface area contributed by atoms with Crippen LogP contribution in [0, 0.1) is 13.0 Å². The summed E-state index contributed by atoms with van der Waals surface area (Å²) in [7, 11) is 3.29. The van der Waals surface area contributed by atoms with Gasteiger partial charge in [-0.05, 0) is 37.1 Å². The van der Waals surface area contributed by atoms with Gasteiger partial charge < -0.3 is 14.8 Å². The third-order valence-electron chi connectivity index (χ3n) is 2.75. The van der Waals surface area contributed by atoms with Crippen molar-refractivity contribution in [2.45, 2.75) is 6.42 Å². The lowest BCUT2D eigenvalue weighted by atomic mass is 9.97. The maximum atomic E-state index is 5.28. The molecule has 0 spiro atoms. The first-order chi connectivity index (χ1) is 7.80. The molecule has 0 atom stereocenters. The third kappa shape index (κ3) is 1.73. The Morgan fingerprint density at radius 2 is 1.94 bits per heavy atom. The van der Waals surface area contributed by atoms with Gasteiger partial charge in [-0.2, -0.15) is 0 Å². The second-order valence-corrected chi connectivity index (χ2v) is 3.59. The van der Waals surface area contributed by atoms with Crippen molar-refractivity contribution < 1.29 is 9.47 Å². The minimum absolute atomic E-state index is 0.734. The zero-order valence-corrected chi connectivity index (χ0v) is 9.59. The third-order valence-corrected chi connectivity index (χ3v) is 2.75. The van der Waals surface area contributed by atoms with Crippen molar-refractivity contribution in [2.24, 2.45) is 0 Å². The lowest BCUT2D eigenvalue weighted by Gasteiger charge is -2.22. The first-order valence-electron chi connectivity index (χ1n) is 5.19. The van der Waals surface area contributed by atoms with Crippen molar-refractivity contribution in [2.75, 3.05) is 20.8 Å². The van der Waals surface area contributed by atoms with Crippen LogP contribution < -0.4 is 14.8 Å². The summed E-state index contributed by atoms with van der Waals surface area (Å²) in [6.07, 6.45) is 3.88. The van der Waals surface area contributed by atoms with Gasteiger partial charge in [0, 0.05) is 17.8 Å². The largest absolute Gasteiger partial charge is 0.493 e.